The van der Waals surface area contributed by atoms with Crippen molar-refractivity contribution in [3.05, 3.63) is 91.0 Å². The maximum absolute atomic E-state index is 13.3. The lowest BCUT2D eigenvalue weighted by Crippen LogP contribution is -2.74. The highest BCUT2D eigenvalue weighted by molar-refractivity contribution is 8.15. The van der Waals surface area contributed by atoms with Gasteiger partial charge in [0.1, 0.15) is 0 Å². The van der Waals surface area contributed by atoms with E-state index in [9.17, 15) is 4.21 Å². The smallest absolute Gasteiger partial charge is 0.175 e. The molecule has 132 valence electrons. The average molecular weight is 395 g/mol. The van der Waals surface area contributed by atoms with Crippen molar-refractivity contribution in [2.24, 2.45) is 0 Å². The van der Waals surface area contributed by atoms with Crippen LogP contribution >= 0.6 is 11.8 Å². The molecule has 4 heteroatoms. The van der Waals surface area contributed by atoms with E-state index in [1.807, 2.05) is 11.8 Å². The zero-order valence-electron chi connectivity index (χ0n) is 14.6. The lowest BCUT2D eigenvalue weighted by molar-refractivity contribution is 0.682. The predicted molar refractivity (Wildman–Crippen MR) is 118 cm³/mol. The number of hydrogen-bond acceptors (Lipinski definition) is 2. The summed E-state index contributed by atoms with van der Waals surface area (Å²) in [6.07, 6.45) is 1.05. The fraction of sp³-hybridized carbons (Fsp3) is 0.182. The normalized spacial score (nSPS) is 20.6. The molecule has 1 unspecified atom stereocenters. The first-order valence-electron chi connectivity index (χ1n) is 8.99. The summed E-state index contributed by atoms with van der Waals surface area (Å²) in [4.78, 5) is 0. The van der Waals surface area contributed by atoms with Gasteiger partial charge in [0.15, 0.2) is 8.07 Å². The molecule has 1 fully saturated rings. The largest absolute Gasteiger partial charge is 0.259 e. The molecular weight excluding hydrogens is 372 g/mol. The van der Waals surface area contributed by atoms with Crippen molar-refractivity contribution in [2.75, 3.05) is 11.5 Å². The van der Waals surface area contributed by atoms with Crippen LogP contribution in [0.25, 0.3) is 0 Å². The highest BCUT2D eigenvalue weighted by Gasteiger charge is 2.50. The highest BCUT2D eigenvalue weighted by atomic mass is 32.2. The molecule has 2 atom stereocenters. The first-order chi connectivity index (χ1) is 12.8. The van der Waals surface area contributed by atoms with Crippen LogP contribution in [-0.4, -0.2) is 28.0 Å². The third kappa shape index (κ3) is 3.11. The van der Waals surface area contributed by atoms with Gasteiger partial charge in [-0.15, -0.1) is 11.8 Å². The minimum Gasteiger partial charge on any atom is -0.259 e. The molecule has 1 heterocycles. The highest BCUT2D eigenvalue weighted by Crippen LogP contribution is 2.30. The standard InChI is InChI=1S/C22H22OS2Si/c23-25-18-10-17-24-22(25)26(19-11-4-1-5-12-19,20-13-6-2-7-14-20)21-15-8-3-9-16-21/h1-9,11-16,22H,10,17-18H2/t22-,25?/m1/s1. The maximum Gasteiger partial charge on any atom is 0.175 e. The van der Waals surface area contributed by atoms with Crippen LogP contribution in [0.15, 0.2) is 91.0 Å². The van der Waals surface area contributed by atoms with Crippen LogP contribution in [0.1, 0.15) is 6.42 Å². The van der Waals surface area contributed by atoms with Crippen LogP contribution in [-0.2, 0) is 10.8 Å². The van der Waals surface area contributed by atoms with Gasteiger partial charge >= 0.3 is 0 Å². The summed E-state index contributed by atoms with van der Waals surface area (Å²) >= 11 is 1.92. The zero-order chi connectivity index (χ0) is 17.8. The van der Waals surface area contributed by atoms with E-state index in [1.54, 1.807) is 0 Å². The Hall–Kier alpha value is -1.62. The summed E-state index contributed by atoms with van der Waals surface area (Å²) in [5.41, 5.74) is 0. The van der Waals surface area contributed by atoms with Crippen molar-refractivity contribution in [1.29, 1.82) is 0 Å². The molecule has 0 spiro atoms. The molecule has 1 aliphatic heterocycles. The minimum atomic E-state index is -2.42. The van der Waals surface area contributed by atoms with Crippen LogP contribution in [0.2, 0.25) is 0 Å². The Morgan fingerprint density at radius 2 is 1.15 bits per heavy atom. The van der Waals surface area contributed by atoms with Crippen LogP contribution < -0.4 is 15.6 Å². The van der Waals surface area contributed by atoms with Gasteiger partial charge in [-0.3, -0.25) is 4.21 Å². The summed E-state index contributed by atoms with van der Waals surface area (Å²) in [6, 6.07) is 32.5. The van der Waals surface area contributed by atoms with Crippen molar-refractivity contribution in [3.8, 4) is 0 Å². The van der Waals surface area contributed by atoms with Gasteiger partial charge in [0.2, 0.25) is 0 Å². The van der Waals surface area contributed by atoms with Crippen molar-refractivity contribution in [3.63, 3.8) is 0 Å². The Bertz CT molecular complexity index is 772. The Kier molecular flexibility index (Phi) is 5.43. The molecule has 0 saturated carbocycles. The molecule has 0 radical (unpaired) electrons. The molecule has 0 amide bonds. The van der Waals surface area contributed by atoms with E-state index in [4.69, 9.17) is 0 Å². The second kappa shape index (κ2) is 7.95. The summed E-state index contributed by atoms with van der Waals surface area (Å²) in [5.74, 6) is 1.91. The van der Waals surface area contributed by atoms with E-state index in [2.05, 4.69) is 91.0 Å². The molecule has 1 aliphatic rings. The molecule has 26 heavy (non-hydrogen) atoms. The van der Waals surface area contributed by atoms with E-state index >= 15 is 0 Å². The SMILES string of the molecule is O=S1CCCS[C@H]1[Si](c1ccccc1)(c1ccccc1)c1ccccc1. The molecule has 0 aliphatic carbocycles. The molecule has 0 N–H and O–H groups in total. The molecule has 1 saturated heterocycles. The quantitative estimate of drug-likeness (QED) is 0.500. The second-order valence-electron chi connectivity index (χ2n) is 6.55. The summed E-state index contributed by atoms with van der Waals surface area (Å²) < 4.78 is 13.4. The Balaban J connectivity index is 2.05. The van der Waals surface area contributed by atoms with Gasteiger partial charge in [-0.25, -0.2) is 0 Å². The van der Waals surface area contributed by atoms with Crippen molar-refractivity contribution >= 4 is 46.2 Å². The molecule has 1 nitrogen and oxygen atoms in total. The van der Waals surface area contributed by atoms with Gasteiger partial charge in [0.25, 0.3) is 0 Å². The third-order valence-electron chi connectivity index (χ3n) is 5.04. The molecule has 3 aromatic rings. The Morgan fingerprint density at radius 3 is 1.54 bits per heavy atom. The van der Waals surface area contributed by atoms with E-state index < -0.39 is 18.9 Å². The molecule has 0 bridgehead atoms. The molecule has 4 rings (SSSR count). The fourth-order valence-electron chi connectivity index (χ4n) is 3.91. The van der Waals surface area contributed by atoms with Gasteiger partial charge in [-0.2, -0.15) is 0 Å². The number of hydrogen-bond donors (Lipinski definition) is 0. The average Bonchev–Trinajstić information content (AvgIpc) is 2.72. The van der Waals surface area contributed by atoms with Gasteiger partial charge < -0.3 is 0 Å². The number of thioether (sulfide) groups is 1. The van der Waals surface area contributed by atoms with Gasteiger partial charge in [-0.05, 0) is 27.7 Å². The van der Waals surface area contributed by atoms with E-state index in [0.717, 1.165) is 17.9 Å². The van der Waals surface area contributed by atoms with Gasteiger partial charge in [0.05, 0.1) is 4.21 Å². The number of rotatable bonds is 4. The van der Waals surface area contributed by atoms with Crippen LogP contribution in [0.5, 0.6) is 0 Å². The first-order valence-corrected chi connectivity index (χ1v) is 13.5. The molecular formula is C22H22OS2Si. The van der Waals surface area contributed by atoms with Crippen LogP contribution in [0.3, 0.4) is 0 Å². The Morgan fingerprint density at radius 1 is 0.731 bits per heavy atom. The summed E-state index contributed by atoms with van der Waals surface area (Å²) in [5, 5.41) is 4.06. The monoisotopic (exact) mass is 394 g/mol. The van der Waals surface area contributed by atoms with Crippen LogP contribution in [0.4, 0.5) is 0 Å². The van der Waals surface area contributed by atoms with E-state index in [0.29, 0.717) is 0 Å². The van der Waals surface area contributed by atoms with E-state index in [1.165, 1.54) is 15.6 Å². The predicted octanol–water partition coefficient (Wildman–Crippen LogP) is 2.91. The lowest BCUT2D eigenvalue weighted by Gasteiger charge is -2.41. The Labute approximate surface area is 163 Å². The maximum atomic E-state index is 13.3. The lowest BCUT2D eigenvalue weighted by atomic mass is 10.3. The minimum absolute atomic E-state index is 0.142. The van der Waals surface area contributed by atoms with E-state index in [-0.39, 0.29) is 4.21 Å². The van der Waals surface area contributed by atoms with Crippen molar-refractivity contribution < 1.29 is 4.21 Å². The van der Waals surface area contributed by atoms with Gasteiger partial charge in [0, 0.05) is 16.6 Å². The van der Waals surface area contributed by atoms with Crippen molar-refractivity contribution in [2.45, 2.75) is 10.6 Å². The first kappa shape index (κ1) is 17.8. The van der Waals surface area contributed by atoms with Crippen molar-refractivity contribution in [1.82, 2.24) is 0 Å². The summed E-state index contributed by atoms with van der Waals surface area (Å²) in [7, 11) is -3.25. The topological polar surface area (TPSA) is 17.1 Å². The van der Waals surface area contributed by atoms with Crippen LogP contribution in [0, 0.1) is 0 Å². The zero-order valence-corrected chi connectivity index (χ0v) is 17.2. The molecule has 3 aromatic carbocycles. The molecule has 0 aromatic heterocycles. The second-order valence-corrected chi connectivity index (χ2v) is 14.5. The third-order valence-corrected chi connectivity index (χ3v) is 15.9. The summed E-state index contributed by atoms with van der Waals surface area (Å²) in [6.45, 7) is 0. The number of benzene rings is 3. The van der Waals surface area contributed by atoms with Gasteiger partial charge in [-0.1, -0.05) is 91.0 Å². The fourth-order valence-corrected chi connectivity index (χ4v) is 16.1.